The van der Waals surface area contributed by atoms with E-state index >= 15 is 0 Å². The van der Waals surface area contributed by atoms with Gasteiger partial charge in [0.05, 0.1) is 6.61 Å². The second-order valence-corrected chi connectivity index (χ2v) is 5.72. The first kappa shape index (κ1) is 18.5. The van der Waals surface area contributed by atoms with Gasteiger partial charge in [0.2, 0.25) is 11.8 Å². The van der Waals surface area contributed by atoms with E-state index in [4.69, 9.17) is 4.74 Å². The van der Waals surface area contributed by atoms with Gasteiger partial charge < -0.3 is 15.4 Å². The maximum Gasteiger partial charge on any atom is 0.328 e. The number of cyclic esters (lactones) is 1. The Morgan fingerprint density at radius 2 is 1.77 bits per heavy atom. The number of carbonyl (C=O) groups excluding carboxylic acids is 3. The summed E-state index contributed by atoms with van der Waals surface area (Å²) in [5, 5.41) is 5.25. The van der Waals surface area contributed by atoms with Gasteiger partial charge in [-0.15, -0.1) is 0 Å². The van der Waals surface area contributed by atoms with Crippen LogP contribution in [0.2, 0.25) is 0 Å². The van der Waals surface area contributed by atoms with Crippen molar-refractivity contribution in [2.24, 2.45) is 0 Å². The lowest BCUT2D eigenvalue weighted by Crippen LogP contribution is -2.40. The molecular formula is C16H28N2O4. The van der Waals surface area contributed by atoms with E-state index in [-0.39, 0.29) is 12.3 Å². The molecule has 0 aromatic heterocycles. The average Bonchev–Trinajstić information content (AvgIpc) is 2.87. The molecule has 126 valence electrons. The highest BCUT2D eigenvalue weighted by Gasteiger charge is 2.28. The van der Waals surface area contributed by atoms with Gasteiger partial charge in [-0.1, -0.05) is 45.4 Å². The van der Waals surface area contributed by atoms with Crippen LogP contribution in [-0.2, 0) is 19.1 Å². The van der Waals surface area contributed by atoms with Gasteiger partial charge in [0, 0.05) is 13.0 Å². The second kappa shape index (κ2) is 11.0. The number of esters is 1. The normalized spacial score (nSPS) is 17.1. The first-order valence-corrected chi connectivity index (χ1v) is 8.36. The summed E-state index contributed by atoms with van der Waals surface area (Å²) in [6.45, 7) is 3.13. The predicted octanol–water partition coefficient (Wildman–Crippen LogP) is 1.67. The van der Waals surface area contributed by atoms with Crippen molar-refractivity contribution in [1.29, 1.82) is 0 Å². The Hall–Kier alpha value is -1.59. The van der Waals surface area contributed by atoms with Crippen molar-refractivity contribution in [3.8, 4) is 0 Å². The summed E-state index contributed by atoms with van der Waals surface area (Å²) in [6, 6.07) is -0.594. The van der Waals surface area contributed by atoms with Crippen LogP contribution < -0.4 is 10.6 Å². The third-order valence-corrected chi connectivity index (χ3v) is 3.69. The molecule has 0 aliphatic carbocycles. The molecule has 1 rings (SSSR count). The van der Waals surface area contributed by atoms with Gasteiger partial charge in [-0.25, -0.2) is 4.79 Å². The van der Waals surface area contributed by atoms with Gasteiger partial charge >= 0.3 is 5.97 Å². The molecule has 0 unspecified atom stereocenters. The molecule has 22 heavy (non-hydrogen) atoms. The van der Waals surface area contributed by atoms with Gasteiger partial charge in [0.25, 0.3) is 0 Å². The zero-order chi connectivity index (χ0) is 16.2. The smallest absolute Gasteiger partial charge is 0.328 e. The van der Waals surface area contributed by atoms with Crippen molar-refractivity contribution >= 4 is 17.8 Å². The standard InChI is InChI=1S/C16H28N2O4/c1-2-3-4-5-6-7-8-10-17-14(19)12-15(20)18-13-9-11-22-16(13)21/h13H,2-12H2,1H3,(H,17,19)(H,18,20)/t13-/m0/s1. The molecule has 0 radical (unpaired) electrons. The van der Waals surface area contributed by atoms with Crippen LogP contribution in [0, 0.1) is 0 Å². The van der Waals surface area contributed by atoms with Gasteiger partial charge in [-0.2, -0.15) is 0 Å². The molecule has 2 amide bonds. The number of carbonyl (C=O) groups is 3. The fraction of sp³-hybridized carbons (Fsp3) is 0.812. The van der Waals surface area contributed by atoms with Gasteiger partial charge in [-0.3, -0.25) is 9.59 Å². The molecule has 1 aliphatic rings. The summed E-state index contributed by atoms with van der Waals surface area (Å²) in [4.78, 5) is 34.4. The zero-order valence-corrected chi connectivity index (χ0v) is 13.5. The number of hydrogen-bond donors (Lipinski definition) is 2. The third-order valence-electron chi connectivity index (χ3n) is 3.69. The molecular weight excluding hydrogens is 284 g/mol. The van der Waals surface area contributed by atoms with Crippen LogP contribution in [0.15, 0.2) is 0 Å². The zero-order valence-electron chi connectivity index (χ0n) is 13.5. The quantitative estimate of drug-likeness (QED) is 0.345. The molecule has 1 saturated heterocycles. The first-order valence-electron chi connectivity index (χ1n) is 8.36. The van der Waals surface area contributed by atoms with E-state index in [1.54, 1.807) is 0 Å². The van der Waals surface area contributed by atoms with Gasteiger partial charge in [0.15, 0.2) is 0 Å². The van der Waals surface area contributed by atoms with Crippen molar-refractivity contribution in [1.82, 2.24) is 10.6 Å². The minimum absolute atomic E-state index is 0.236. The maximum atomic E-state index is 11.6. The lowest BCUT2D eigenvalue weighted by Gasteiger charge is -2.09. The van der Waals surface area contributed by atoms with Crippen molar-refractivity contribution in [2.75, 3.05) is 13.2 Å². The molecule has 0 aromatic rings. The second-order valence-electron chi connectivity index (χ2n) is 5.72. The molecule has 1 heterocycles. The monoisotopic (exact) mass is 312 g/mol. The molecule has 2 N–H and O–H groups in total. The van der Waals surface area contributed by atoms with E-state index in [2.05, 4.69) is 17.6 Å². The molecule has 0 spiro atoms. The van der Waals surface area contributed by atoms with Gasteiger partial charge in [-0.05, 0) is 6.42 Å². The lowest BCUT2D eigenvalue weighted by molar-refractivity contribution is -0.142. The number of rotatable bonds is 11. The third kappa shape index (κ3) is 8.00. The number of unbranched alkanes of at least 4 members (excludes halogenated alkanes) is 6. The Morgan fingerprint density at radius 3 is 2.41 bits per heavy atom. The molecule has 1 aliphatic heterocycles. The number of ether oxygens (including phenoxy) is 1. The summed E-state index contributed by atoms with van der Waals surface area (Å²) in [7, 11) is 0. The molecule has 1 atom stereocenters. The minimum Gasteiger partial charge on any atom is -0.464 e. The number of hydrogen-bond acceptors (Lipinski definition) is 4. The van der Waals surface area contributed by atoms with Crippen LogP contribution >= 0.6 is 0 Å². The topological polar surface area (TPSA) is 84.5 Å². The minimum atomic E-state index is -0.594. The van der Waals surface area contributed by atoms with Crippen molar-refractivity contribution < 1.29 is 19.1 Å². The van der Waals surface area contributed by atoms with E-state index < -0.39 is 17.9 Å². The Balaban J connectivity index is 1.98. The van der Waals surface area contributed by atoms with Crippen LogP contribution in [0.5, 0.6) is 0 Å². The van der Waals surface area contributed by atoms with Crippen LogP contribution in [0.1, 0.15) is 64.7 Å². The average molecular weight is 312 g/mol. The summed E-state index contributed by atoms with van der Waals surface area (Å²) in [6.07, 6.45) is 8.55. The van der Waals surface area contributed by atoms with E-state index in [0.717, 1.165) is 12.8 Å². The number of nitrogens with one attached hydrogen (secondary N) is 2. The highest BCUT2D eigenvalue weighted by atomic mass is 16.5. The summed E-state index contributed by atoms with van der Waals surface area (Å²) < 4.78 is 4.74. The van der Waals surface area contributed by atoms with Crippen molar-refractivity contribution in [3.05, 3.63) is 0 Å². The maximum absolute atomic E-state index is 11.6. The Kier molecular flexibility index (Phi) is 9.26. The van der Waals surface area contributed by atoms with E-state index in [0.29, 0.717) is 19.6 Å². The van der Waals surface area contributed by atoms with Crippen LogP contribution in [0.3, 0.4) is 0 Å². The Bertz CT molecular complexity index is 371. The first-order chi connectivity index (χ1) is 10.6. The number of amides is 2. The molecule has 1 fully saturated rings. The Morgan fingerprint density at radius 1 is 1.09 bits per heavy atom. The highest BCUT2D eigenvalue weighted by molar-refractivity contribution is 5.98. The lowest BCUT2D eigenvalue weighted by atomic mass is 10.1. The molecule has 6 nitrogen and oxygen atoms in total. The fourth-order valence-corrected chi connectivity index (χ4v) is 2.39. The molecule has 0 saturated carbocycles. The fourth-order valence-electron chi connectivity index (χ4n) is 2.39. The van der Waals surface area contributed by atoms with Crippen molar-refractivity contribution in [2.45, 2.75) is 70.8 Å². The van der Waals surface area contributed by atoms with E-state index in [9.17, 15) is 14.4 Å². The largest absolute Gasteiger partial charge is 0.464 e. The Labute approximate surface area is 132 Å². The molecule has 0 aromatic carbocycles. The van der Waals surface area contributed by atoms with E-state index in [1.807, 2.05) is 0 Å². The highest BCUT2D eigenvalue weighted by Crippen LogP contribution is 2.07. The van der Waals surface area contributed by atoms with Gasteiger partial charge in [0.1, 0.15) is 12.5 Å². The summed E-state index contributed by atoms with van der Waals surface area (Å²) in [5.41, 5.74) is 0. The van der Waals surface area contributed by atoms with E-state index in [1.165, 1.54) is 32.1 Å². The van der Waals surface area contributed by atoms with Crippen LogP contribution in [0.25, 0.3) is 0 Å². The van der Waals surface area contributed by atoms with Crippen molar-refractivity contribution in [3.63, 3.8) is 0 Å². The molecule has 0 bridgehead atoms. The molecule has 6 heteroatoms. The SMILES string of the molecule is CCCCCCCCCNC(=O)CC(=O)N[C@H]1CCOC1=O. The summed E-state index contributed by atoms with van der Waals surface area (Å²) in [5.74, 6) is -1.15. The predicted molar refractivity (Wildman–Crippen MR) is 83.1 cm³/mol. The van der Waals surface area contributed by atoms with Crippen LogP contribution in [-0.4, -0.2) is 37.0 Å². The summed E-state index contributed by atoms with van der Waals surface area (Å²) >= 11 is 0. The van der Waals surface area contributed by atoms with Crippen LogP contribution in [0.4, 0.5) is 0 Å².